The number of allylic oxidation sites excluding steroid dienone is 1. The number of nitrogens with one attached hydrogen (secondary N) is 1. The molecule has 1 N–H and O–H groups in total. The van der Waals surface area contributed by atoms with Gasteiger partial charge in [0.15, 0.2) is 11.5 Å². The smallest absolute Gasteiger partial charge is 0.381 e. The van der Waals surface area contributed by atoms with E-state index < -0.39 is 5.63 Å². The van der Waals surface area contributed by atoms with Crippen LogP contribution < -0.4 is 15.7 Å². The highest BCUT2D eigenvalue weighted by Gasteiger charge is 2.16. The number of Topliss-reactive ketones (excluding diaryl/α,β-unsaturated/α-hetero) is 1. The first-order valence-electron chi connectivity index (χ1n) is 7.29. The molecule has 1 aromatic heterocycles. The van der Waals surface area contributed by atoms with Crippen molar-refractivity contribution in [3.8, 4) is 5.75 Å². The highest BCUT2D eigenvalue weighted by molar-refractivity contribution is 5.92. The molecule has 128 valence electrons. The van der Waals surface area contributed by atoms with Crippen molar-refractivity contribution in [3.05, 3.63) is 46.7 Å². The van der Waals surface area contributed by atoms with E-state index in [1.54, 1.807) is 6.92 Å². The first-order chi connectivity index (χ1) is 10.9. The van der Waals surface area contributed by atoms with E-state index in [4.69, 9.17) is 13.9 Å². The van der Waals surface area contributed by atoms with E-state index in [0.29, 0.717) is 23.6 Å². The van der Waals surface area contributed by atoms with Crippen LogP contribution in [0.5, 0.6) is 5.75 Å². The topological polar surface area (TPSA) is 77.8 Å². The number of carbonyl (C=O) groups excluding carboxylic acids is 1. The molecule has 6 heteroatoms. The van der Waals surface area contributed by atoms with Crippen LogP contribution >= 0.6 is 0 Å². The number of ether oxygens (including phenoxy) is 2. The summed E-state index contributed by atoms with van der Waals surface area (Å²) in [6, 6.07) is 1.40. The molecule has 1 heterocycles. The van der Waals surface area contributed by atoms with E-state index in [1.165, 1.54) is 20.1 Å². The first-order valence-corrected chi connectivity index (χ1v) is 7.29. The van der Waals surface area contributed by atoms with Crippen molar-refractivity contribution in [1.29, 1.82) is 0 Å². The zero-order chi connectivity index (χ0) is 18.0. The van der Waals surface area contributed by atoms with Crippen LogP contribution in [0, 0.1) is 0 Å². The molecule has 6 nitrogen and oxygen atoms in total. The SMILES string of the molecule is C=C(C)C(=C)Nc1cc(C(C)=O)oc(=O)c1OCCOC.CC. The summed E-state index contributed by atoms with van der Waals surface area (Å²) in [5.41, 5.74) is 0.763. The molecule has 23 heavy (non-hydrogen) atoms. The molecule has 0 atom stereocenters. The van der Waals surface area contributed by atoms with Crippen molar-refractivity contribution in [1.82, 2.24) is 0 Å². The lowest BCUT2D eigenvalue weighted by Gasteiger charge is -2.14. The van der Waals surface area contributed by atoms with Gasteiger partial charge in [0.25, 0.3) is 0 Å². The van der Waals surface area contributed by atoms with Gasteiger partial charge >= 0.3 is 5.63 Å². The summed E-state index contributed by atoms with van der Waals surface area (Å²) in [6.45, 7) is 15.1. The molecule has 0 saturated heterocycles. The summed E-state index contributed by atoms with van der Waals surface area (Å²) >= 11 is 0. The highest BCUT2D eigenvalue weighted by Crippen LogP contribution is 2.24. The summed E-state index contributed by atoms with van der Waals surface area (Å²) in [5.74, 6) is -0.449. The van der Waals surface area contributed by atoms with Gasteiger partial charge in [-0.3, -0.25) is 4.79 Å². The van der Waals surface area contributed by atoms with Crippen LogP contribution in [0.3, 0.4) is 0 Å². The Balaban J connectivity index is 0.00000232. The van der Waals surface area contributed by atoms with Gasteiger partial charge in [-0.1, -0.05) is 27.0 Å². The molecule has 0 saturated carbocycles. The maximum absolute atomic E-state index is 11.9. The van der Waals surface area contributed by atoms with Crippen molar-refractivity contribution in [2.45, 2.75) is 27.7 Å². The van der Waals surface area contributed by atoms with Gasteiger partial charge in [-0.2, -0.15) is 0 Å². The Morgan fingerprint density at radius 1 is 1.26 bits per heavy atom. The number of hydrogen-bond acceptors (Lipinski definition) is 6. The van der Waals surface area contributed by atoms with Crippen LogP contribution in [-0.4, -0.2) is 26.1 Å². The van der Waals surface area contributed by atoms with Crippen molar-refractivity contribution in [2.24, 2.45) is 0 Å². The minimum absolute atomic E-state index is 0.0283. The van der Waals surface area contributed by atoms with E-state index >= 15 is 0 Å². The van der Waals surface area contributed by atoms with Gasteiger partial charge in [-0.25, -0.2) is 4.79 Å². The molecule has 0 aromatic carbocycles. The lowest BCUT2D eigenvalue weighted by molar-refractivity contribution is 0.0980. The van der Waals surface area contributed by atoms with Gasteiger partial charge in [0, 0.05) is 25.8 Å². The fourth-order valence-electron chi connectivity index (χ4n) is 1.38. The van der Waals surface area contributed by atoms with Crippen molar-refractivity contribution >= 4 is 11.5 Å². The third-order valence-corrected chi connectivity index (χ3v) is 2.59. The van der Waals surface area contributed by atoms with Crippen molar-refractivity contribution in [3.63, 3.8) is 0 Å². The van der Waals surface area contributed by atoms with Crippen LogP contribution in [0.2, 0.25) is 0 Å². The number of anilines is 1. The molecule has 0 aliphatic rings. The summed E-state index contributed by atoms with van der Waals surface area (Å²) in [5, 5.41) is 2.90. The highest BCUT2D eigenvalue weighted by atomic mass is 16.5. The van der Waals surface area contributed by atoms with Gasteiger partial charge in [-0.05, 0) is 12.5 Å². The van der Waals surface area contributed by atoms with E-state index in [1.807, 2.05) is 13.8 Å². The van der Waals surface area contributed by atoms with Gasteiger partial charge in [0.05, 0.1) is 12.3 Å². The second-order valence-electron chi connectivity index (χ2n) is 4.42. The number of ketones is 1. The lowest BCUT2D eigenvalue weighted by Crippen LogP contribution is -2.16. The standard InChI is InChI=1S/C15H19NO5.C2H6/c1-9(2)10(3)16-12-8-13(11(4)17)21-15(18)14(12)20-7-6-19-5;1-2/h8,16H,1,3,6-7H2,2,4-5H3;1-2H3. The minimum atomic E-state index is -0.740. The predicted octanol–water partition coefficient (Wildman–Crippen LogP) is 3.40. The number of rotatable bonds is 8. The molecule has 0 fully saturated rings. The average Bonchev–Trinajstić information content (AvgIpc) is 2.51. The van der Waals surface area contributed by atoms with Crippen molar-refractivity contribution in [2.75, 3.05) is 25.6 Å². The molecule has 0 aliphatic heterocycles. The van der Waals surface area contributed by atoms with E-state index in [2.05, 4.69) is 18.5 Å². The first kappa shape index (κ1) is 20.7. The molecule has 0 amide bonds. The fraction of sp³-hybridized carbons (Fsp3) is 0.412. The van der Waals surface area contributed by atoms with Gasteiger partial charge in [0.2, 0.25) is 5.75 Å². The minimum Gasteiger partial charge on any atom is -0.483 e. The van der Waals surface area contributed by atoms with E-state index in [-0.39, 0.29) is 23.9 Å². The van der Waals surface area contributed by atoms with Crippen molar-refractivity contribution < 1.29 is 18.7 Å². The van der Waals surface area contributed by atoms with Gasteiger partial charge < -0.3 is 19.2 Å². The molecule has 0 aliphatic carbocycles. The fourth-order valence-corrected chi connectivity index (χ4v) is 1.38. The molecule has 0 spiro atoms. The Labute approximate surface area is 136 Å². The third kappa shape index (κ3) is 6.52. The van der Waals surface area contributed by atoms with Crippen LogP contribution in [0.15, 0.2) is 39.7 Å². The summed E-state index contributed by atoms with van der Waals surface area (Å²) in [7, 11) is 1.52. The third-order valence-electron chi connectivity index (χ3n) is 2.59. The largest absolute Gasteiger partial charge is 0.483 e. The maximum Gasteiger partial charge on any atom is 0.381 e. The average molecular weight is 323 g/mol. The number of carbonyl (C=O) groups is 1. The van der Waals surface area contributed by atoms with E-state index in [0.717, 1.165) is 0 Å². The normalized spacial score (nSPS) is 9.43. The number of hydrogen-bond donors (Lipinski definition) is 1. The zero-order valence-electron chi connectivity index (χ0n) is 14.4. The molecule has 0 bridgehead atoms. The quantitative estimate of drug-likeness (QED) is 0.449. The Morgan fingerprint density at radius 3 is 2.35 bits per heavy atom. The Hall–Kier alpha value is -2.34. The van der Waals surface area contributed by atoms with Crippen LogP contribution in [0.25, 0.3) is 0 Å². The molecule has 0 unspecified atom stereocenters. The van der Waals surface area contributed by atoms with Gasteiger partial charge in [0.1, 0.15) is 6.61 Å². The maximum atomic E-state index is 11.9. The summed E-state index contributed by atoms with van der Waals surface area (Å²) < 4.78 is 15.1. The Bertz CT molecular complexity index is 616. The van der Waals surface area contributed by atoms with Crippen LogP contribution in [0.4, 0.5) is 5.69 Å². The molecule has 0 radical (unpaired) electrons. The van der Waals surface area contributed by atoms with Crippen LogP contribution in [-0.2, 0) is 4.74 Å². The Morgan fingerprint density at radius 2 is 1.87 bits per heavy atom. The van der Waals surface area contributed by atoms with E-state index in [9.17, 15) is 9.59 Å². The molecular weight excluding hydrogens is 298 g/mol. The second kappa shape index (κ2) is 10.4. The predicted molar refractivity (Wildman–Crippen MR) is 91.3 cm³/mol. The van der Waals surface area contributed by atoms with Gasteiger partial charge in [-0.15, -0.1) is 0 Å². The Kier molecular flexibility index (Phi) is 9.34. The number of methoxy groups -OCH3 is 1. The lowest BCUT2D eigenvalue weighted by atomic mass is 10.2. The molecule has 1 aromatic rings. The van der Waals surface area contributed by atoms with Crippen LogP contribution in [0.1, 0.15) is 38.2 Å². The molecular formula is C17H25NO5. The zero-order valence-corrected chi connectivity index (χ0v) is 14.4. The monoisotopic (exact) mass is 323 g/mol. The summed E-state index contributed by atoms with van der Waals surface area (Å²) in [6.07, 6.45) is 0. The second-order valence-corrected chi connectivity index (χ2v) is 4.42. The molecule has 1 rings (SSSR count). The summed E-state index contributed by atoms with van der Waals surface area (Å²) in [4.78, 5) is 23.3.